The number of hydrogen-bond donors (Lipinski definition) is 0. The van der Waals surface area contributed by atoms with Crippen molar-refractivity contribution in [2.24, 2.45) is 10.8 Å². The monoisotopic (exact) mass is 572 g/mol. The minimum atomic E-state index is -0.306. The van der Waals surface area contributed by atoms with Crippen molar-refractivity contribution in [2.75, 3.05) is 54.5 Å². The molecule has 42 heavy (non-hydrogen) atoms. The van der Waals surface area contributed by atoms with E-state index in [1.165, 1.54) is 0 Å². The van der Waals surface area contributed by atoms with Gasteiger partial charge in [0, 0.05) is 0 Å². The molecule has 0 spiro atoms. The summed E-state index contributed by atoms with van der Waals surface area (Å²) < 4.78 is 11.6. The molecule has 0 aromatic heterocycles. The zero-order valence-corrected chi connectivity index (χ0v) is 26.8. The van der Waals surface area contributed by atoms with Gasteiger partial charge in [0.2, 0.25) is 0 Å². The van der Waals surface area contributed by atoms with Crippen LogP contribution in [0.4, 0.5) is 0 Å². The Hall–Kier alpha value is -3.22. The molecule has 0 amide bonds. The van der Waals surface area contributed by atoms with Crippen molar-refractivity contribution in [3.63, 3.8) is 0 Å². The fraction of sp³-hybridized carbons (Fsp3) is 0.500. The Morgan fingerprint density at radius 1 is 0.667 bits per heavy atom. The van der Waals surface area contributed by atoms with Gasteiger partial charge in [0.15, 0.2) is 0 Å². The van der Waals surface area contributed by atoms with Crippen molar-refractivity contribution in [1.29, 1.82) is 0 Å². The van der Waals surface area contributed by atoms with E-state index in [-0.39, 0.29) is 22.8 Å². The highest BCUT2D eigenvalue weighted by Gasteiger charge is 2.27. The van der Waals surface area contributed by atoms with Crippen LogP contribution in [0.15, 0.2) is 48.5 Å². The average Bonchev–Trinajstić information content (AvgIpc) is 3.24. The van der Waals surface area contributed by atoms with Gasteiger partial charge in [0.25, 0.3) is 0 Å². The summed E-state index contributed by atoms with van der Waals surface area (Å²) >= 11 is 0. The second-order valence-corrected chi connectivity index (χ2v) is 13.9. The summed E-state index contributed by atoms with van der Waals surface area (Å²) in [5, 5.41) is 1.90. The lowest BCUT2D eigenvalue weighted by molar-refractivity contribution is 0.0317. The van der Waals surface area contributed by atoms with Crippen molar-refractivity contribution in [1.82, 2.24) is 9.80 Å². The van der Waals surface area contributed by atoms with Crippen LogP contribution in [0, 0.1) is 10.8 Å². The maximum absolute atomic E-state index is 13.3. The zero-order valence-electron chi connectivity index (χ0n) is 26.8. The van der Waals surface area contributed by atoms with Gasteiger partial charge in [-0.1, -0.05) is 58.0 Å². The molecule has 0 saturated heterocycles. The molecule has 0 aliphatic heterocycles. The zero-order chi connectivity index (χ0) is 30.7. The number of rotatable bonds is 14. The third-order valence-corrected chi connectivity index (χ3v) is 8.20. The molecule has 0 N–H and O–H groups in total. The van der Waals surface area contributed by atoms with Crippen molar-refractivity contribution < 1.29 is 19.1 Å². The number of ether oxygens (including phenoxy) is 2. The Bertz CT molecular complexity index is 1440. The molecule has 226 valence electrons. The van der Waals surface area contributed by atoms with Gasteiger partial charge in [-0.2, -0.15) is 0 Å². The van der Waals surface area contributed by atoms with E-state index in [2.05, 4.69) is 71.8 Å². The van der Waals surface area contributed by atoms with Gasteiger partial charge in [-0.3, -0.25) is 0 Å². The number of carbonyl (C=O) groups excluding carboxylic acids is 2. The molecule has 6 heteroatoms. The molecule has 0 atom stereocenters. The first-order valence-electron chi connectivity index (χ1n) is 15.1. The van der Waals surface area contributed by atoms with Crippen LogP contribution in [-0.4, -0.2) is 76.2 Å². The molecule has 0 radical (unpaired) electrons. The molecule has 0 heterocycles. The summed E-state index contributed by atoms with van der Waals surface area (Å²) in [5.41, 5.74) is 5.07. The fourth-order valence-corrected chi connectivity index (χ4v) is 5.74. The van der Waals surface area contributed by atoms with E-state index >= 15 is 0 Å². The van der Waals surface area contributed by atoms with Gasteiger partial charge in [-0.15, -0.1) is 0 Å². The van der Waals surface area contributed by atoms with Crippen LogP contribution >= 0.6 is 0 Å². The smallest absolute Gasteiger partial charge is 0.338 e. The van der Waals surface area contributed by atoms with E-state index < -0.39 is 0 Å². The Labute approximate surface area is 252 Å². The topological polar surface area (TPSA) is 59.1 Å². The molecule has 0 fully saturated rings. The van der Waals surface area contributed by atoms with Gasteiger partial charge in [-0.05, 0) is 129 Å². The van der Waals surface area contributed by atoms with Gasteiger partial charge in [0.05, 0.1) is 24.3 Å². The first-order valence-corrected chi connectivity index (χ1v) is 15.1. The Kier molecular flexibility index (Phi) is 9.79. The predicted octanol–water partition coefficient (Wildman–Crippen LogP) is 7.54. The first-order chi connectivity index (χ1) is 19.8. The number of benzene rings is 3. The molecule has 1 aliphatic rings. The average molecular weight is 573 g/mol. The van der Waals surface area contributed by atoms with E-state index in [1.54, 1.807) is 0 Å². The summed E-state index contributed by atoms with van der Waals surface area (Å²) in [6.07, 6.45) is 4.08. The number of hydrogen-bond acceptors (Lipinski definition) is 6. The summed E-state index contributed by atoms with van der Waals surface area (Å²) in [7, 11) is 8.29. The summed E-state index contributed by atoms with van der Waals surface area (Å²) in [6, 6.07) is 15.7. The maximum Gasteiger partial charge on any atom is 0.338 e. The molecule has 0 unspecified atom stereocenters. The second kappa shape index (κ2) is 13.0. The molecule has 6 nitrogen and oxygen atoms in total. The highest BCUT2D eigenvalue weighted by Crippen LogP contribution is 2.48. The largest absolute Gasteiger partial charge is 0.462 e. The molecule has 3 aromatic carbocycles. The fourth-order valence-electron chi connectivity index (χ4n) is 5.74. The quantitative estimate of drug-likeness (QED) is 0.146. The lowest BCUT2D eigenvalue weighted by Crippen LogP contribution is -2.24. The van der Waals surface area contributed by atoms with E-state index in [4.69, 9.17) is 9.47 Å². The minimum absolute atomic E-state index is 0.0866. The lowest BCUT2D eigenvalue weighted by atomic mass is 9.89. The highest BCUT2D eigenvalue weighted by molar-refractivity contribution is 6.20. The second-order valence-electron chi connectivity index (χ2n) is 13.9. The SMILES string of the molecule is CN(C)CCCC(C)(C)COC(=O)c1ccc2c(c1)-c1ccc(C(=O)OCC(C)(C)CCCN(C)C)c3cccc-2c13. The first kappa shape index (κ1) is 31.7. The number of nitrogens with zero attached hydrogens (tertiary/aromatic N) is 2. The standard InChI is InChI=1S/C36H48N2O4/c1-35(2,18-10-20-37(5)6)23-41-33(39)25-14-15-26-27-12-9-13-28-30(17-16-29(32(27)28)31(26)22-25)34(40)42-24-36(3,4)19-11-21-38(7)8/h9,12-17,22H,10-11,18-21,23-24H2,1-8H3. The third-order valence-electron chi connectivity index (χ3n) is 8.20. The summed E-state index contributed by atoms with van der Waals surface area (Å²) in [4.78, 5) is 30.7. The van der Waals surface area contributed by atoms with Gasteiger partial charge in [-0.25, -0.2) is 9.59 Å². The summed E-state index contributed by atoms with van der Waals surface area (Å²) in [5.74, 6) is -0.605. The van der Waals surface area contributed by atoms with Crippen LogP contribution in [0.3, 0.4) is 0 Å². The number of carbonyl (C=O) groups is 2. The van der Waals surface area contributed by atoms with Crippen molar-refractivity contribution in [3.8, 4) is 22.3 Å². The lowest BCUT2D eigenvalue weighted by Gasteiger charge is -2.25. The minimum Gasteiger partial charge on any atom is -0.462 e. The molecule has 0 bridgehead atoms. The number of fused-ring (bicyclic) bond motifs is 3. The Morgan fingerprint density at radius 2 is 1.21 bits per heavy atom. The normalized spacial score (nSPS) is 12.7. The Morgan fingerprint density at radius 3 is 1.81 bits per heavy atom. The van der Waals surface area contributed by atoms with E-state index in [1.807, 2.05) is 42.5 Å². The van der Waals surface area contributed by atoms with Crippen LogP contribution in [0.25, 0.3) is 33.0 Å². The van der Waals surface area contributed by atoms with Crippen LogP contribution < -0.4 is 0 Å². The van der Waals surface area contributed by atoms with E-state index in [0.29, 0.717) is 24.3 Å². The Balaban J connectivity index is 1.49. The predicted molar refractivity (Wildman–Crippen MR) is 172 cm³/mol. The molecular weight excluding hydrogens is 524 g/mol. The van der Waals surface area contributed by atoms with Crippen molar-refractivity contribution in [2.45, 2.75) is 53.4 Å². The molecule has 3 aromatic rings. The van der Waals surface area contributed by atoms with Crippen molar-refractivity contribution >= 4 is 22.7 Å². The van der Waals surface area contributed by atoms with Crippen LogP contribution in [-0.2, 0) is 9.47 Å². The molecule has 1 aliphatic carbocycles. The van der Waals surface area contributed by atoms with E-state index in [9.17, 15) is 9.59 Å². The maximum atomic E-state index is 13.3. The van der Waals surface area contributed by atoms with Gasteiger partial charge in [0.1, 0.15) is 0 Å². The van der Waals surface area contributed by atoms with Gasteiger partial charge < -0.3 is 19.3 Å². The third kappa shape index (κ3) is 7.59. The molecular formula is C36H48N2O4. The van der Waals surface area contributed by atoms with Crippen LogP contribution in [0.1, 0.15) is 74.1 Å². The van der Waals surface area contributed by atoms with E-state index in [0.717, 1.165) is 71.8 Å². The van der Waals surface area contributed by atoms with Gasteiger partial charge >= 0.3 is 11.9 Å². The molecule has 4 rings (SSSR count). The van der Waals surface area contributed by atoms with Crippen LogP contribution in [0.2, 0.25) is 0 Å². The summed E-state index contributed by atoms with van der Waals surface area (Å²) in [6.45, 7) is 11.4. The van der Waals surface area contributed by atoms with Crippen LogP contribution in [0.5, 0.6) is 0 Å². The number of esters is 2. The molecule has 0 saturated carbocycles. The van der Waals surface area contributed by atoms with Crippen molar-refractivity contribution in [3.05, 3.63) is 59.7 Å². The highest BCUT2D eigenvalue weighted by atomic mass is 16.5.